The highest BCUT2D eigenvalue weighted by molar-refractivity contribution is 7.92. The second-order valence-corrected chi connectivity index (χ2v) is 9.36. The van der Waals surface area contributed by atoms with Crippen molar-refractivity contribution in [2.45, 2.75) is 18.7 Å². The van der Waals surface area contributed by atoms with E-state index in [1.807, 2.05) is 26.0 Å². The molecule has 0 aromatic heterocycles. The van der Waals surface area contributed by atoms with E-state index in [0.29, 0.717) is 18.8 Å². The van der Waals surface area contributed by atoms with Gasteiger partial charge >= 0.3 is 0 Å². The summed E-state index contributed by atoms with van der Waals surface area (Å²) in [6, 6.07) is 13.9. The highest BCUT2D eigenvalue weighted by Crippen LogP contribution is 2.24. The number of sulfonamides is 1. The zero-order valence-electron chi connectivity index (χ0n) is 16.7. The zero-order chi connectivity index (χ0) is 20.3. The first kappa shape index (κ1) is 20.4. The van der Waals surface area contributed by atoms with Gasteiger partial charge in [0.05, 0.1) is 43.8 Å². The van der Waals surface area contributed by atoms with Gasteiger partial charge in [-0.2, -0.15) is 0 Å². The lowest BCUT2D eigenvalue weighted by molar-refractivity contribution is -0.883. The molecule has 1 heterocycles. The molecule has 0 bridgehead atoms. The number of likely N-dealkylation sites (N-methyl/N-ethyl adjacent to an activating group) is 1. The molecular formula is C21H28N3O3S+. The summed E-state index contributed by atoms with van der Waals surface area (Å²) in [6.07, 6.45) is 0. The number of benzene rings is 2. The molecule has 0 atom stereocenters. The Morgan fingerprint density at radius 3 is 2.00 bits per heavy atom. The third-order valence-electron chi connectivity index (χ3n) is 5.18. The Hall–Kier alpha value is -2.38. The number of nitrogens with one attached hydrogen (secondary N) is 1. The molecule has 7 heteroatoms. The fourth-order valence-electron chi connectivity index (χ4n) is 3.22. The van der Waals surface area contributed by atoms with E-state index in [4.69, 9.17) is 0 Å². The van der Waals surface area contributed by atoms with E-state index >= 15 is 0 Å². The van der Waals surface area contributed by atoms with Gasteiger partial charge in [0.15, 0.2) is 0 Å². The molecule has 1 amide bonds. The van der Waals surface area contributed by atoms with Crippen LogP contribution >= 0.6 is 0 Å². The van der Waals surface area contributed by atoms with Crippen molar-refractivity contribution in [3.63, 3.8) is 0 Å². The van der Waals surface area contributed by atoms with Gasteiger partial charge in [0.2, 0.25) is 5.91 Å². The van der Waals surface area contributed by atoms with E-state index in [9.17, 15) is 13.2 Å². The lowest BCUT2D eigenvalue weighted by Crippen LogP contribution is -3.12. The summed E-state index contributed by atoms with van der Waals surface area (Å²) in [5.41, 5.74) is 2.51. The van der Waals surface area contributed by atoms with E-state index in [2.05, 4.69) is 7.05 Å². The number of carbonyl (C=O) groups excluding carboxylic acids is 1. The molecule has 1 N–H and O–H groups in total. The molecule has 0 radical (unpaired) electrons. The lowest BCUT2D eigenvalue weighted by Gasteiger charge is -2.32. The standard InChI is InChI=1S/C21H27N3O3S/c1-17-4-8-19(9-5-17)24(16-21(25)23-14-12-22(3)13-15-23)28(26,27)20-10-6-18(2)7-11-20/h4-11H,12-16H2,1-3H3/p+1. The SMILES string of the molecule is Cc1ccc(N(CC(=O)N2CC[NH+](C)CC2)S(=O)(=O)c2ccc(C)cc2)cc1. The molecule has 2 aromatic rings. The highest BCUT2D eigenvalue weighted by Gasteiger charge is 2.30. The minimum atomic E-state index is -3.85. The smallest absolute Gasteiger partial charge is 0.264 e. The van der Waals surface area contributed by atoms with Crippen molar-refractivity contribution in [3.05, 3.63) is 59.7 Å². The summed E-state index contributed by atoms with van der Waals surface area (Å²) >= 11 is 0. The molecule has 1 saturated heterocycles. The largest absolute Gasteiger partial charge is 0.334 e. The van der Waals surface area contributed by atoms with Crippen molar-refractivity contribution in [2.24, 2.45) is 0 Å². The summed E-state index contributed by atoms with van der Waals surface area (Å²) in [5, 5.41) is 0. The Bertz CT molecular complexity index is 916. The van der Waals surface area contributed by atoms with E-state index in [-0.39, 0.29) is 17.3 Å². The lowest BCUT2D eigenvalue weighted by atomic mass is 10.2. The minimum absolute atomic E-state index is 0.163. The summed E-state index contributed by atoms with van der Waals surface area (Å²) in [5.74, 6) is -0.163. The third-order valence-corrected chi connectivity index (χ3v) is 6.97. The van der Waals surface area contributed by atoms with Gasteiger partial charge in [0, 0.05) is 0 Å². The molecule has 1 fully saturated rings. The average Bonchev–Trinajstić information content (AvgIpc) is 2.67. The Balaban J connectivity index is 1.92. The fourth-order valence-corrected chi connectivity index (χ4v) is 4.64. The first-order valence-electron chi connectivity index (χ1n) is 9.52. The Morgan fingerprint density at radius 1 is 0.964 bits per heavy atom. The number of nitrogens with zero attached hydrogens (tertiary/aromatic N) is 2. The number of hydrogen-bond acceptors (Lipinski definition) is 3. The Kier molecular flexibility index (Phi) is 6.05. The monoisotopic (exact) mass is 402 g/mol. The molecule has 150 valence electrons. The molecule has 0 aliphatic carbocycles. The topological polar surface area (TPSA) is 62.1 Å². The molecular weight excluding hydrogens is 374 g/mol. The van der Waals surface area contributed by atoms with Gasteiger partial charge in [-0.15, -0.1) is 0 Å². The summed E-state index contributed by atoms with van der Waals surface area (Å²) in [4.78, 5) is 16.2. The van der Waals surface area contributed by atoms with Crippen LogP contribution in [0.5, 0.6) is 0 Å². The van der Waals surface area contributed by atoms with E-state index in [0.717, 1.165) is 24.2 Å². The van der Waals surface area contributed by atoms with Crippen LogP contribution in [0.3, 0.4) is 0 Å². The number of aryl methyl sites for hydroxylation is 2. The van der Waals surface area contributed by atoms with Crippen molar-refractivity contribution in [1.29, 1.82) is 0 Å². The predicted molar refractivity (Wildman–Crippen MR) is 110 cm³/mol. The molecule has 0 saturated carbocycles. The second-order valence-electron chi connectivity index (χ2n) is 7.50. The van der Waals surface area contributed by atoms with Gasteiger partial charge in [-0.1, -0.05) is 35.4 Å². The number of quaternary nitrogens is 1. The zero-order valence-corrected chi connectivity index (χ0v) is 17.5. The van der Waals surface area contributed by atoms with Crippen LogP contribution in [-0.2, 0) is 14.8 Å². The van der Waals surface area contributed by atoms with Crippen molar-refractivity contribution < 1.29 is 18.1 Å². The van der Waals surface area contributed by atoms with Crippen LogP contribution in [0.15, 0.2) is 53.4 Å². The van der Waals surface area contributed by atoms with Crippen LogP contribution in [0.2, 0.25) is 0 Å². The van der Waals surface area contributed by atoms with Crippen molar-refractivity contribution in [2.75, 3.05) is 44.1 Å². The van der Waals surface area contributed by atoms with Crippen molar-refractivity contribution >= 4 is 21.6 Å². The van der Waals surface area contributed by atoms with Gasteiger partial charge in [-0.3, -0.25) is 9.10 Å². The Morgan fingerprint density at radius 2 is 1.46 bits per heavy atom. The predicted octanol–water partition coefficient (Wildman–Crippen LogP) is 0.856. The van der Waals surface area contributed by atoms with Gasteiger partial charge < -0.3 is 9.80 Å². The van der Waals surface area contributed by atoms with Gasteiger partial charge in [-0.25, -0.2) is 8.42 Å². The van der Waals surface area contributed by atoms with Crippen molar-refractivity contribution in [3.8, 4) is 0 Å². The Labute approximate surface area is 167 Å². The van der Waals surface area contributed by atoms with Crippen molar-refractivity contribution in [1.82, 2.24) is 4.90 Å². The van der Waals surface area contributed by atoms with Crippen LogP contribution in [0, 0.1) is 13.8 Å². The quantitative estimate of drug-likeness (QED) is 0.807. The van der Waals surface area contributed by atoms with Gasteiger partial charge in [0.25, 0.3) is 10.0 Å². The maximum atomic E-state index is 13.4. The van der Waals surface area contributed by atoms with Crippen LogP contribution < -0.4 is 9.21 Å². The van der Waals surface area contributed by atoms with E-state index < -0.39 is 10.0 Å². The molecule has 1 aliphatic heterocycles. The number of piperazine rings is 1. The summed E-state index contributed by atoms with van der Waals surface area (Å²) in [6.45, 7) is 6.71. The minimum Gasteiger partial charge on any atom is -0.334 e. The van der Waals surface area contributed by atoms with Crippen LogP contribution in [0.25, 0.3) is 0 Å². The van der Waals surface area contributed by atoms with Gasteiger partial charge in [-0.05, 0) is 38.1 Å². The van der Waals surface area contributed by atoms with E-state index in [1.54, 1.807) is 41.3 Å². The number of anilines is 1. The molecule has 0 unspecified atom stereocenters. The number of rotatable bonds is 5. The highest BCUT2D eigenvalue weighted by atomic mass is 32.2. The van der Waals surface area contributed by atoms with Crippen LogP contribution in [-0.4, -0.2) is 59.0 Å². The number of carbonyl (C=O) groups is 1. The third kappa shape index (κ3) is 4.54. The normalized spacial score (nSPS) is 15.5. The maximum absolute atomic E-state index is 13.4. The number of hydrogen-bond donors (Lipinski definition) is 1. The number of amides is 1. The average molecular weight is 403 g/mol. The maximum Gasteiger partial charge on any atom is 0.264 e. The second kappa shape index (κ2) is 8.32. The molecule has 3 rings (SSSR count). The molecule has 6 nitrogen and oxygen atoms in total. The fraction of sp³-hybridized carbons (Fsp3) is 0.381. The first-order chi connectivity index (χ1) is 13.3. The molecule has 2 aromatic carbocycles. The molecule has 0 spiro atoms. The van der Waals surface area contributed by atoms with E-state index in [1.165, 1.54) is 9.21 Å². The molecule has 28 heavy (non-hydrogen) atoms. The molecule has 1 aliphatic rings. The summed E-state index contributed by atoms with van der Waals surface area (Å²) in [7, 11) is -1.75. The first-order valence-corrected chi connectivity index (χ1v) is 11.0. The summed E-state index contributed by atoms with van der Waals surface area (Å²) < 4.78 is 27.9. The van der Waals surface area contributed by atoms with Crippen LogP contribution in [0.1, 0.15) is 11.1 Å². The van der Waals surface area contributed by atoms with Gasteiger partial charge in [0.1, 0.15) is 6.54 Å². The van der Waals surface area contributed by atoms with Crippen LogP contribution in [0.4, 0.5) is 5.69 Å².